The second kappa shape index (κ2) is 9.65. The maximum atomic E-state index is 11.7. The Balaban J connectivity index is 2.22. The molecule has 0 saturated heterocycles. The fraction of sp³-hybridized carbons (Fsp3) is 0.429. The summed E-state index contributed by atoms with van der Waals surface area (Å²) in [5.74, 6) is 0.341. The first kappa shape index (κ1) is 17.8. The van der Waals surface area contributed by atoms with Crippen molar-refractivity contribution in [3.63, 3.8) is 0 Å². The molecule has 1 aromatic rings. The maximum absolute atomic E-state index is 11.7. The third-order valence-corrected chi connectivity index (χ3v) is 3.86. The first-order chi connectivity index (χ1) is 10.0. The molecule has 0 heterocycles. The van der Waals surface area contributed by atoms with Crippen LogP contribution in [0.5, 0.6) is 0 Å². The normalized spacial score (nSPS) is 11.8. The number of benzene rings is 1. The SMILES string of the molecule is CCOC(=O)C(N)CCSCC(=O)Nc1ccccc1Cl. The summed E-state index contributed by atoms with van der Waals surface area (Å²) in [7, 11) is 0. The topological polar surface area (TPSA) is 81.4 Å². The van der Waals surface area contributed by atoms with Gasteiger partial charge in [0.1, 0.15) is 6.04 Å². The Bertz CT molecular complexity index is 485. The highest BCUT2D eigenvalue weighted by atomic mass is 35.5. The summed E-state index contributed by atoms with van der Waals surface area (Å²) in [6.45, 7) is 2.05. The van der Waals surface area contributed by atoms with E-state index in [0.717, 1.165) is 0 Å². The van der Waals surface area contributed by atoms with Gasteiger partial charge in [0, 0.05) is 0 Å². The van der Waals surface area contributed by atoms with Crippen LogP contribution in [-0.4, -0.2) is 36.0 Å². The molecule has 7 heteroatoms. The van der Waals surface area contributed by atoms with Crippen molar-refractivity contribution in [3.05, 3.63) is 29.3 Å². The van der Waals surface area contributed by atoms with Crippen LogP contribution >= 0.6 is 23.4 Å². The van der Waals surface area contributed by atoms with Gasteiger partial charge in [-0.05, 0) is 31.2 Å². The molecular weight excluding hydrogens is 312 g/mol. The molecule has 1 aromatic carbocycles. The average Bonchev–Trinajstić information content (AvgIpc) is 2.46. The van der Waals surface area contributed by atoms with Gasteiger partial charge >= 0.3 is 5.97 Å². The van der Waals surface area contributed by atoms with Crippen molar-refractivity contribution < 1.29 is 14.3 Å². The van der Waals surface area contributed by atoms with Gasteiger partial charge in [-0.2, -0.15) is 11.8 Å². The number of hydrogen-bond acceptors (Lipinski definition) is 5. The summed E-state index contributed by atoms with van der Waals surface area (Å²) >= 11 is 7.35. The van der Waals surface area contributed by atoms with Crippen LogP contribution in [0.4, 0.5) is 5.69 Å². The van der Waals surface area contributed by atoms with Crippen LogP contribution in [0.3, 0.4) is 0 Å². The minimum atomic E-state index is -0.635. The van der Waals surface area contributed by atoms with Gasteiger partial charge in [0.25, 0.3) is 0 Å². The number of thioether (sulfide) groups is 1. The highest BCUT2D eigenvalue weighted by Crippen LogP contribution is 2.20. The predicted octanol–water partition coefficient (Wildman–Crippen LogP) is 2.29. The van der Waals surface area contributed by atoms with Crippen molar-refractivity contribution in [3.8, 4) is 0 Å². The number of hydrogen-bond donors (Lipinski definition) is 2. The van der Waals surface area contributed by atoms with Crippen molar-refractivity contribution in [2.24, 2.45) is 5.73 Å². The van der Waals surface area contributed by atoms with Crippen LogP contribution in [-0.2, 0) is 14.3 Å². The van der Waals surface area contributed by atoms with Gasteiger partial charge < -0.3 is 15.8 Å². The van der Waals surface area contributed by atoms with Crippen LogP contribution in [0, 0.1) is 0 Å². The summed E-state index contributed by atoms with van der Waals surface area (Å²) in [4.78, 5) is 23.0. The molecule has 0 aliphatic carbocycles. The van der Waals surface area contributed by atoms with Gasteiger partial charge in [-0.15, -0.1) is 0 Å². The Morgan fingerprint density at radius 1 is 1.43 bits per heavy atom. The van der Waals surface area contributed by atoms with E-state index in [1.54, 1.807) is 31.2 Å². The number of amides is 1. The molecule has 21 heavy (non-hydrogen) atoms. The largest absolute Gasteiger partial charge is 0.465 e. The van der Waals surface area contributed by atoms with Gasteiger partial charge in [-0.3, -0.25) is 9.59 Å². The molecule has 1 amide bonds. The molecule has 0 bridgehead atoms. The van der Waals surface area contributed by atoms with Crippen LogP contribution in [0.15, 0.2) is 24.3 Å². The van der Waals surface area contributed by atoms with E-state index < -0.39 is 12.0 Å². The van der Waals surface area contributed by atoms with Gasteiger partial charge in [0.05, 0.1) is 23.1 Å². The molecule has 0 saturated carbocycles. The van der Waals surface area contributed by atoms with Gasteiger partial charge in [0.2, 0.25) is 5.91 Å². The van der Waals surface area contributed by atoms with Gasteiger partial charge in [0.15, 0.2) is 0 Å². The molecule has 0 spiro atoms. The van der Waals surface area contributed by atoms with Gasteiger partial charge in [-0.1, -0.05) is 23.7 Å². The second-order valence-electron chi connectivity index (χ2n) is 4.23. The fourth-order valence-electron chi connectivity index (χ4n) is 1.49. The number of carbonyl (C=O) groups is 2. The summed E-state index contributed by atoms with van der Waals surface area (Å²) in [5.41, 5.74) is 6.25. The number of nitrogens with two attached hydrogens (primary N) is 1. The number of esters is 1. The highest BCUT2D eigenvalue weighted by Gasteiger charge is 2.14. The number of carbonyl (C=O) groups excluding carboxylic acids is 2. The third-order valence-electron chi connectivity index (χ3n) is 2.54. The second-order valence-corrected chi connectivity index (χ2v) is 5.74. The third kappa shape index (κ3) is 6.84. The van der Waals surface area contributed by atoms with E-state index in [4.69, 9.17) is 22.1 Å². The molecule has 1 atom stereocenters. The smallest absolute Gasteiger partial charge is 0.322 e. The molecule has 1 unspecified atom stereocenters. The lowest BCUT2D eigenvalue weighted by Crippen LogP contribution is -2.32. The maximum Gasteiger partial charge on any atom is 0.322 e. The lowest BCUT2D eigenvalue weighted by atomic mass is 10.2. The number of halogens is 1. The standard InChI is InChI=1S/C14H19ClN2O3S/c1-2-20-14(19)11(16)7-8-21-9-13(18)17-12-6-4-3-5-10(12)15/h3-6,11H,2,7-9,16H2,1H3,(H,17,18). The van der Waals surface area contributed by atoms with E-state index in [2.05, 4.69) is 5.32 Å². The number of nitrogens with one attached hydrogen (secondary N) is 1. The van der Waals surface area contributed by atoms with Crippen LogP contribution in [0.1, 0.15) is 13.3 Å². The van der Waals surface area contributed by atoms with Crippen LogP contribution in [0.2, 0.25) is 5.02 Å². The summed E-state index contributed by atoms with van der Waals surface area (Å²) in [5, 5.41) is 3.23. The number of para-hydroxylation sites is 1. The van der Waals surface area contributed by atoms with Crippen molar-refractivity contribution in [2.45, 2.75) is 19.4 Å². The van der Waals surface area contributed by atoms with Crippen molar-refractivity contribution in [2.75, 3.05) is 23.4 Å². The quantitative estimate of drug-likeness (QED) is 0.564. The highest BCUT2D eigenvalue weighted by molar-refractivity contribution is 7.99. The molecule has 3 N–H and O–H groups in total. The van der Waals surface area contributed by atoms with E-state index in [1.165, 1.54) is 11.8 Å². The summed E-state index contributed by atoms with van der Waals surface area (Å²) in [6, 6.07) is 6.41. The zero-order chi connectivity index (χ0) is 15.7. The van der Waals surface area contributed by atoms with E-state index in [1.807, 2.05) is 0 Å². The van der Waals surface area contributed by atoms with Crippen molar-refractivity contribution in [1.82, 2.24) is 0 Å². The van der Waals surface area contributed by atoms with Gasteiger partial charge in [-0.25, -0.2) is 0 Å². The molecular formula is C14H19ClN2O3S. The first-order valence-electron chi connectivity index (χ1n) is 6.59. The van der Waals surface area contributed by atoms with E-state index in [9.17, 15) is 9.59 Å². The lowest BCUT2D eigenvalue weighted by Gasteiger charge is -2.10. The van der Waals surface area contributed by atoms with E-state index in [0.29, 0.717) is 29.5 Å². The zero-order valence-electron chi connectivity index (χ0n) is 11.8. The molecule has 5 nitrogen and oxygen atoms in total. The van der Waals surface area contributed by atoms with Crippen LogP contribution in [0.25, 0.3) is 0 Å². The minimum absolute atomic E-state index is 0.141. The molecule has 116 valence electrons. The Hall–Kier alpha value is -1.24. The summed E-state index contributed by atoms with van der Waals surface area (Å²) < 4.78 is 4.81. The molecule has 0 aliphatic rings. The summed E-state index contributed by atoms with van der Waals surface area (Å²) in [6.07, 6.45) is 0.475. The number of rotatable bonds is 8. The zero-order valence-corrected chi connectivity index (χ0v) is 13.4. The first-order valence-corrected chi connectivity index (χ1v) is 8.12. The Kier molecular flexibility index (Phi) is 8.19. The molecule has 1 rings (SSSR count). The minimum Gasteiger partial charge on any atom is -0.465 e. The van der Waals surface area contributed by atoms with Crippen LogP contribution < -0.4 is 11.1 Å². The Morgan fingerprint density at radius 3 is 2.81 bits per heavy atom. The van der Waals surface area contributed by atoms with E-state index in [-0.39, 0.29) is 11.7 Å². The predicted molar refractivity (Wildman–Crippen MR) is 86.6 cm³/mol. The Morgan fingerprint density at radius 2 is 2.14 bits per heavy atom. The molecule has 0 fully saturated rings. The monoisotopic (exact) mass is 330 g/mol. The van der Waals surface area contributed by atoms with E-state index >= 15 is 0 Å². The number of anilines is 1. The number of ether oxygens (including phenoxy) is 1. The van der Waals surface area contributed by atoms with Crippen molar-refractivity contribution in [1.29, 1.82) is 0 Å². The van der Waals surface area contributed by atoms with Crippen molar-refractivity contribution >= 4 is 40.9 Å². The molecule has 0 aromatic heterocycles. The molecule has 0 radical (unpaired) electrons. The molecule has 0 aliphatic heterocycles. The average molecular weight is 331 g/mol. The Labute approximate surface area is 133 Å². The lowest BCUT2D eigenvalue weighted by molar-refractivity contribution is -0.144. The fourth-order valence-corrected chi connectivity index (χ4v) is 2.50.